The van der Waals surface area contributed by atoms with Gasteiger partial charge in [0.25, 0.3) is 0 Å². The number of hydrogen-bond acceptors (Lipinski definition) is 4. The van der Waals surface area contributed by atoms with E-state index in [4.69, 9.17) is 0 Å². The summed E-state index contributed by atoms with van der Waals surface area (Å²) in [5.41, 5.74) is 1.10. The highest BCUT2D eigenvalue weighted by molar-refractivity contribution is 5.85. The van der Waals surface area contributed by atoms with Gasteiger partial charge in [0.05, 0.1) is 11.6 Å². The van der Waals surface area contributed by atoms with Crippen molar-refractivity contribution in [3.8, 4) is 0 Å². The minimum absolute atomic E-state index is 0. The Labute approximate surface area is 125 Å². The van der Waals surface area contributed by atoms with E-state index in [0.29, 0.717) is 5.91 Å². The number of carbonyl (C=O) groups is 1. The summed E-state index contributed by atoms with van der Waals surface area (Å²) < 4.78 is 0. The topological polar surface area (TPSA) is 48.5 Å². The molecular formula is C14H21ClN4O. The molecule has 2 aliphatic rings. The smallest absolute Gasteiger partial charge is 0.228 e. The Balaban J connectivity index is 0.00000147. The van der Waals surface area contributed by atoms with Crippen molar-refractivity contribution >= 4 is 18.3 Å². The van der Waals surface area contributed by atoms with Gasteiger partial charge < -0.3 is 10.2 Å². The lowest BCUT2D eigenvalue weighted by molar-refractivity contribution is -0.138. The van der Waals surface area contributed by atoms with Gasteiger partial charge in [-0.2, -0.15) is 0 Å². The van der Waals surface area contributed by atoms with Crippen LogP contribution in [0.4, 0.5) is 0 Å². The highest BCUT2D eigenvalue weighted by atomic mass is 35.5. The number of pyridine rings is 1. The molecule has 2 saturated heterocycles. The van der Waals surface area contributed by atoms with Crippen LogP contribution in [0.1, 0.15) is 5.69 Å². The second-order valence-electron chi connectivity index (χ2n) is 5.28. The number of amides is 1. The molecule has 0 aliphatic carbocycles. The molecule has 1 aromatic heterocycles. The van der Waals surface area contributed by atoms with E-state index >= 15 is 0 Å². The van der Waals surface area contributed by atoms with Crippen LogP contribution in [0.15, 0.2) is 24.4 Å². The van der Waals surface area contributed by atoms with Crippen molar-refractivity contribution in [3.05, 3.63) is 30.1 Å². The Kier molecular flexibility index (Phi) is 5.34. The van der Waals surface area contributed by atoms with Gasteiger partial charge in [0.2, 0.25) is 5.91 Å². The number of hydrogen-bond donors (Lipinski definition) is 1. The van der Waals surface area contributed by atoms with Crippen LogP contribution in [0.2, 0.25) is 0 Å². The lowest BCUT2D eigenvalue weighted by Crippen LogP contribution is -2.56. The molecule has 0 radical (unpaired) electrons. The van der Waals surface area contributed by atoms with E-state index in [1.54, 1.807) is 0 Å². The van der Waals surface area contributed by atoms with Crippen LogP contribution in [0.3, 0.4) is 0 Å². The molecule has 0 bridgehead atoms. The highest BCUT2D eigenvalue weighted by Crippen LogP contribution is 2.12. The van der Waals surface area contributed by atoms with Crippen molar-refractivity contribution in [2.24, 2.45) is 5.92 Å². The molecule has 5 nitrogen and oxygen atoms in total. The summed E-state index contributed by atoms with van der Waals surface area (Å²) in [6, 6.07) is 6.01. The molecule has 2 aliphatic heterocycles. The predicted molar refractivity (Wildman–Crippen MR) is 79.7 cm³/mol. The minimum atomic E-state index is 0. The first-order chi connectivity index (χ1) is 9.33. The average molecular weight is 297 g/mol. The number of nitrogens with one attached hydrogen (secondary N) is 1. The zero-order valence-electron chi connectivity index (χ0n) is 11.5. The zero-order valence-corrected chi connectivity index (χ0v) is 12.3. The number of carbonyl (C=O) groups excluding carboxylic acids is 1. The molecule has 0 aromatic carbocycles. The second kappa shape index (κ2) is 7.02. The monoisotopic (exact) mass is 296 g/mol. The molecule has 20 heavy (non-hydrogen) atoms. The predicted octanol–water partition coefficient (Wildman–Crippen LogP) is 0.367. The fourth-order valence-corrected chi connectivity index (χ4v) is 2.57. The maximum Gasteiger partial charge on any atom is 0.228 e. The minimum Gasteiger partial charge on any atom is -0.340 e. The molecule has 0 unspecified atom stereocenters. The van der Waals surface area contributed by atoms with Crippen molar-refractivity contribution in [1.82, 2.24) is 20.1 Å². The Bertz CT molecular complexity index is 430. The fraction of sp³-hybridized carbons (Fsp3) is 0.571. The van der Waals surface area contributed by atoms with Crippen molar-refractivity contribution in [1.29, 1.82) is 0 Å². The van der Waals surface area contributed by atoms with Crippen molar-refractivity contribution in [2.45, 2.75) is 6.54 Å². The van der Waals surface area contributed by atoms with Crippen LogP contribution in [-0.2, 0) is 11.3 Å². The highest BCUT2D eigenvalue weighted by Gasteiger charge is 2.30. The lowest BCUT2D eigenvalue weighted by Gasteiger charge is -2.38. The summed E-state index contributed by atoms with van der Waals surface area (Å²) in [7, 11) is 0. The summed E-state index contributed by atoms with van der Waals surface area (Å²) in [5.74, 6) is 0.554. The molecule has 6 heteroatoms. The number of nitrogens with zero attached hydrogens (tertiary/aromatic N) is 3. The first-order valence-electron chi connectivity index (χ1n) is 6.95. The van der Waals surface area contributed by atoms with Gasteiger partial charge >= 0.3 is 0 Å². The van der Waals surface area contributed by atoms with E-state index in [1.807, 2.05) is 23.2 Å². The fourth-order valence-electron chi connectivity index (χ4n) is 2.57. The van der Waals surface area contributed by atoms with E-state index in [2.05, 4.69) is 21.3 Å². The first kappa shape index (κ1) is 15.2. The summed E-state index contributed by atoms with van der Waals surface area (Å²) >= 11 is 0. The van der Waals surface area contributed by atoms with Crippen LogP contribution in [0, 0.1) is 5.92 Å². The molecule has 2 fully saturated rings. The number of rotatable bonds is 3. The summed E-state index contributed by atoms with van der Waals surface area (Å²) in [5, 5.41) is 3.16. The quantitative estimate of drug-likeness (QED) is 0.875. The van der Waals surface area contributed by atoms with E-state index in [-0.39, 0.29) is 18.3 Å². The van der Waals surface area contributed by atoms with Gasteiger partial charge in [-0.15, -0.1) is 12.4 Å². The Morgan fingerprint density at radius 3 is 2.55 bits per heavy atom. The molecule has 110 valence electrons. The van der Waals surface area contributed by atoms with Crippen molar-refractivity contribution in [3.63, 3.8) is 0 Å². The average Bonchev–Trinajstić information content (AvgIpc) is 2.39. The van der Waals surface area contributed by atoms with Crippen LogP contribution >= 0.6 is 12.4 Å². The van der Waals surface area contributed by atoms with E-state index in [0.717, 1.165) is 51.5 Å². The lowest BCUT2D eigenvalue weighted by atomic mass is 10.0. The summed E-state index contributed by atoms with van der Waals surface area (Å²) in [6.07, 6.45) is 1.83. The number of piperazine rings is 1. The largest absolute Gasteiger partial charge is 0.340 e. The molecular weight excluding hydrogens is 276 g/mol. The van der Waals surface area contributed by atoms with Gasteiger partial charge in [0, 0.05) is 52.0 Å². The molecule has 3 rings (SSSR count). The van der Waals surface area contributed by atoms with Crippen molar-refractivity contribution < 1.29 is 4.79 Å². The number of halogens is 1. The molecule has 0 saturated carbocycles. The number of aromatic nitrogens is 1. The Morgan fingerprint density at radius 1 is 1.25 bits per heavy atom. The maximum absolute atomic E-state index is 12.1. The molecule has 1 N–H and O–H groups in total. The van der Waals surface area contributed by atoms with E-state index < -0.39 is 0 Å². The van der Waals surface area contributed by atoms with Gasteiger partial charge in [0.15, 0.2) is 0 Å². The third-order valence-electron chi connectivity index (χ3n) is 3.93. The van der Waals surface area contributed by atoms with E-state index in [1.165, 1.54) is 0 Å². The summed E-state index contributed by atoms with van der Waals surface area (Å²) in [6.45, 7) is 6.18. The standard InChI is InChI=1S/C14H20N4O.ClH/c19-14(12-9-15-10-12)18-7-5-17(6-8-18)11-13-3-1-2-4-16-13;/h1-4,12,15H,5-11H2;1H. The maximum atomic E-state index is 12.1. The molecule has 0 spiro atoms. The van der Waals surface area contributed by atoms with Gasteiger partial charge in [-0.05, 0) is 12.1 Å². The zero-order chi connectivity index (χ0) is 13.1. The second-order valence-corrected chi connectivity index (χ2v) is 5.28. The van der Waals surface area contributed by atoms with Gasteiger partial charge in [0.1, 0.15) is 0 Å². The Morgan fingerprint density at radius 2 is 2.00 bits per heavy atom. The molecule has 3 heterocycles. The van der Waals surface area contributed by atoms with Gasteiger partial charge in [-0.3, -0.25) is 14.7 Å². The van der Waals surface area contributed by atoms with Crippen LogP contribution in [0.25, 0.3) is 0 Å². The van der Waals surface area contributed by atoms with Crippen LogP contribution < -0.4 is 5.32 Å². The molecule has 1 aromatic rings. The molecule has 1 amide bonds. The third-order valence-corrected chi connectivity index (χ3v) is 3.93. The third kappa shape index (κ3) is 3.48. The summed E-state index contributed by atoms with van der Waals surface area (Å²) in [4.78, 5) is 20.8. The van der Waals surface area contributed by atoms with Crippen molar-refractivity contribution in [2.75, 3.05) is 39.3 Å². The van der Waals surface area contributed by atoms with Crippen LogP contribution in [-0.4, -0.2) is 60.0 Å². The first-order valence-corrected chi connectivity index (χ1v) is 6.95. The van der Waals surface area contributed by atoms with E-state index in [9.17, 15) is 4.79 Å². The Hall–Kier alpha value is -1.17. The van der Waals surface area contributed by atoms with Gasteiger partial charge in [-0.1, -0.05) is 6.07 Å². The molecule has 0 atom stereocenters. The van der Waals surface area contributed by atoms with Crippen LogP contribution in [0.5, 0.6) is 0 Å². The SMILES string of the molecule is Cl.O=C(C1CNC1)N1CCN(Cc2ccccn2)CC1. The normalized spacial score (nSPS) is 20.1. The van der Waals surface area contributed by atoms with Gasteiger partial charge in [-0.25, -0.2) is 0 Å².